The number of sulfonamides is 1. The van der Waals surface area contributed by atoms with Crippen LogP contribution in [0.2, 0.25) is 0 Å². The number of anilines is 1. The molecule has 0 aliphatic carbocycles. The number of Topliss-reactive ketones (excluding diaryl/α,β-unsaturated/α-hetero) is 1. The summed E-state index contributed by atoms with van der Waals surface area (Å²) in [7, 11) is -3.59. The van der Waals surface area contributed by atoms with Gasteiger partial charge in [0.1, 0.15) is 11.6 Å². The predicted octanol–water partition coefficient (Wildman–Crippen LogP) is 1.68. The molecule has 21 heavy (non-hydrogen) atoms. The van der Waals surface area contributed by atoms with Crippen molar-refractivity contribution >= 4 is 21.5 Å². The van der Waals surface area contributed by atoms with E-state index in [-0.39, 0.29) is 36.6 Å². The van der Waals surface area contributed by atoms with Crippen LogP contribution in [0.5, 0.6) is 0 Å². The molecule has 0 aromatic heterocycles. The Labute approximate surface area is 124 Å². The molecule has 0 unspecified atom stereocenters. The van der Waals surface area contributed by atoms with Gasteiger partial charge >= 0.3 is 0 Å². The third-order valence-electron chi connectivity index (χ3n) is 3.64. The maximum absolute atomic E-state index is 13.1. The number of carbonyl (C=O) groups excluding carboxylic acids is 1. The van der Waals surface area contributed by atoms with Gasteiger partial charge in [-0.05, 0) is 31.5 Å². The Morgan fingerprint density at radius 2 is 2.05 bits per heavy atom. The molecule has 1 aromatic carbocycles. The maximum atomic E-state index is 13.1. The van der Waals surface area contributed by atoms with E-state index in [1.807, 2.05) is 0 Å². The molecule has 0 saturated carbocycles. The SMILES string of the molecule is CC1(C)CC(=O)CCN1S(=O)(=O)Cc1ccc(F)c(N)c1. The van der Waals surface area contributed by atoms with Gasteiger partial charge in [-0.25, -0.2) is 12.8 Å². The van der Waals surface area contributed by atoms with Crippen molar-refractivity contribution in [2.24, 2.45) is 0 Å². The zero-order chi connectivity index (χ0) is 15.8. The molecule has 5 nitrogen and oxygen atoms in total. The summed E-state index contributed by atoms with van der Waals surface area (Å²) >= 11 is 0. The molecular formula is C14H19FN2O3S. The number of rotatable bonds is 3. The lowest BCUT2D eigenvalue weighted by molar-refractivity contribution is -0.123. The van der Waals surface area contributed by atoms with Gasteiger partial charge in [0.15, 0.2) is 0 Å². The second kappa shape index (κ2) is 5.38. The Balaban J connectivity index is 2.25. The third kappa shape index (κ3) is 3.41. The number of nitrogens with zero attached hydrogens (tertiary/aromatic N) is 1. The summed E-state index contributed by atoms with van der Waals surface area (Å²) in [6.07, 6.45) is 0.437. The zero-order valence-corrected chi connectivity index (χ0v) is 12.9. The minimum atomic E-state index is -3.59. The number of nitrogens with two attached hydrogens (primary N) is 1. The summed E-state index contributed by atoms with van der Waals surface area (Å²) < 4.78 is 39.6. The molecular weight excluding hydrogens is 295 g/mol. The van der Waals surface area contributed by atoms with Gasteiger partial charge in [0.05, 0.1) is 11.4 Å². The second-order valence-electron chi connectivity index (χ2n) is 5.96. The van der Waals surface area contributed by atoms with Crippen LogP contribution in [0.4, 0.5) is 10.1 Å². The van der Waals surface area contributed by atoms with Crippen LogP contribution in [0.25, 0.3) is 0 Å². The van der Waals surface area contributed by atoms with Crippen LogP contribution in [-0.4, -0.2) is 30.6 Å². The number of ketones is 1. The number of benzene rings is 1. The molecule has 1 aliphatic heterocycles. The summed E-state index contributed by atoms with van der Waals surface area (Å²) in [5.41, 5.74) is 5.08. The van der Waals surface area contributed by atoms with Crippen LogP contribution < -0.4 is 5.73 Å². The largest absolute Gasteiger partial charge is 0.396 e. The first-order valence-electron chi connectivity index (χ1n) is 6.68. The highest BCUT2D eigenvalue weighted by Gasteiger charge is 2.40. The Morgan fingerprint density at radius 3 is 2.62 bits per heavy atom. The minimum absolute atomic E-state index is 0.0671. The first kappa shape index (κ1) is 15.9. The van der Waals surface area contributed by atoms with Crippen molar-refractivity contribution in [2.75, 3.05) is 12.3 Å². The van der Waals surface area contributed by atoms with Crippen molar-refractivity contribution in [1.82, 2.24) is 4.31 Å². The van der Waals surface area contributed by atoms with Crippen LogP contribution in [0.3, 0.4) is 0 Å². The number of halogens is 1. The third-order valence-corrected chi connectivity index (χ3v) is 5.69. The van der Waals surface area contributed by atoms with Crippen molar-refractivity contribution in [3.8, 4) is 0 Å². The molecule has 116 valence electrons. The van der Waals surface area contributed by atoms with E-state index in [0.29, 0.717) is 5.56 Å². The van der Waals surface area contributed by atoms with E-state index in [0.717, 1.165) is 6.07 Å². The average Bonchev–Trinajstić information content (AvgIpc) is 2.31. The summed E-state index contributed by atoms with van der Waals surface area (Å²) in [5, 5.41) is 0. The normalized spacial score (nSPS) is 19.7. The van der Waals surface area contributed by atoms with E-state index in [2.05, 4.69) is 0 Å². The smallest absolute Gasteiger partial charge is 0.218 e. The van der Waals surface area contributed by atoms with Crippen molar-refractivity contribution in [1.29, 1.82) is 0 Å². The van der Waals surface area contributed by atoms with Gasteiger partial charge in [0.25, 0.3) is 0 Å². The Morgan fingerprint density at radius 1 is 1.38 bits per heavy atom. The van der Waals surface area contributed by atoms with Crippen LogP contribution in [0.1, 0.15) is 32.3 Å². The lowest BCUT2D eigenvalue weighted by atomic mass is 9.92. The molecule has 1 aromatic rings. The molecule has 1 saturated heterocycles. The highest BCUT2D eigenvalue weighted by atomic mass is 32.2. The lowest BCUT2D eigenvalue weighted by Crippen LogP contribution is -2.53. The summed E-state index contributed by atoms with van der Waals surface area (Å²) in [5.74, 6) is -0.757. The van der Waals surface area contributed by atoms with Gasteiger partial charge in [0.2, 0.25) is 10.0 Å². The minimum Gasteiger partial charge on any atom is -0.396 e. The van der Waals surface area contributed by atoms with Gasteiger partial charge < -0.3 is 5.73 Å². The zero-order valence-electron chi connectivity index (χ0n) is 12.1. The van der Waals surface area contributed by atoms with Gasteiger partial charge in [-0.1, -0.05) is 6.07 Å². The fourth-order valence-corrected chi connectivity index (χ4v) is 4.62. The van der Waals surface area contributed by atoms with Crippen LogP contribution >= 0.6 is 0 Å². The van der Waals surface area contributed by atoms with E-state index < -0.39 is 21.4 Å². The quantitative estimate of drug-likeness (QED) is 0.861. The summed E-state index contributed by atoms with van der Waals surface area (Å²) in [6.45, 7) is 3.66. The number of piperidine rings is 1. The Kier molecular flexibility index (Phi) is 4.08. The monoisotopic (exact) mass is 314 g/mol. The molecule has 0 bridgehead atoms. The van der Waals surface area contributed by atoms with E-state index >= 15 is 0 Å². The fraction of sp³-hybridized carbons (Fsp3) is 0.500. The number of hydrogen-bond donors (Lipinski definition) is 1. The van der Waals surface area contributed by atoms with Gasteiger partial charge in [-0.3, -0.25) is 4.79 Å². The maximum Gasteiger partial charge on any atom is 0.218 e. The Hall–Kier alpha value is -1.47. The van der Waals surface area contributed by atoms with Crippen LogP contribution in [0.15, 0.2) is 18.2 Å². The van der Waals surface area contributed by atoms with Gasteiger partial charge in [-0.2, -0.15) is 4.31 Å². The topological polar surface area (TPSA) is 80.5 Å². The fourth-order valence-electron chi connectivity index (χ4n) is 2.68. The molecule has 0 atom stereocenters. The highest BCUT2D eigenvalue weighted by molar-refractivity contribution is 7.88. The molecule has 1 fully saturated rings. The van der Waals surface area contributed by atoms with Crippen LogP contribution in [-0.2, 0) is 20.6 Å². The van der Waals surface area contributed by atoms with Crippen LogP contribution in [0, 0.1) is 5.82 Å². The lowest BCUT2D eigenvalue weighted by Gasteiger charge is -2.40. The Bertz CT molecular complexity index is 671. The van der Waals surface area contributed by atoms with E-state index in [9.17, 15) is 17.6 Å². The number of hydrogen-bond acceptors (Lipinski definition) is 4. The second-order valence-corrected chi connectivity index (χ2v) is 7.86. The molecule has 7 heteroatoms. The molecule has 2 rings (SSSR count). The molecule has 2 N–H and O–H groups in total. The van der Waals surface area contributed by atoms with Crippen molar-refractivity contribution < 1.29 is 17.6 Å². The number of nitrogen functional groups attached to an aromatic ring is 1. The summed E-state index contributed by atoms with van der Waals surface area (Å²) in [4.78, 5) is 11.5. The van der Waals surface area contributed by atoms with E-state index in [1.54, 1.807) is 13.8 Å². The molecule has 0 spiro atoms. The standard InChI is InChI=1S/C14H19FN2O3S/c1-14(2)8-11(18)5-6-17(14)21(19,20)9-10-3-4-12(15)13(16)7-10/h3-4,7H,5-6,8-9,16H2,1-2H3. The van der Waals surface area contributed by atoms with Gasteiger partial charge in [-0.15, -0.1) is 0 Å². The molecule has 1 heterocycles. The predicted molar refractivity (Wildman–Crippen MR) is 78.5 cm³/mol. The first-order valence-corrected chi connectivity index (χ1v) is 8.29. The van der Waals surface area contributed by atoms with Crippen molar-refractivity contribution in [2.45, 2.75) is 38.0 Å². The highest BCUT2D eigenvalue weighted by Crippen LogP contribution is 2.30. The summed E-state index contributed by atoms with van der Waals surface area (Å²) in [6, 6.07) is 3.89. The van der Waals surface area contributed by atoms with Crippen molar-refractivity contribution in [3.63, 3.8) is 0 Å². The van der Waals surface area contributed by atoms with Gasteiger partial charge in [0, 0.05) is 24.9 Å². The molecule has 1 aliphatic rings. The van der Waals surface area contributed by atoms with E-state index in [4.69, 9.17) is 5.73 Å². The molecule has 0 radical (unpaired) electrons. The molecule has 0 amide bonds. The number of carbonyl (C=O) groups is 1. The van der Waals surface area contributed by atoms with E-state index in [1.165, 1.54) is 16.4 Å². The van der Waals surface area contributed by atoms with Crippen molar-refractivity contribution in [3.05, 3.63) is 29.6 Å². The average molecular weight is 314 g/mol. The first-order chi connectivity index (χ1) is 9.62.